The second-order valence-electron chi connectivity index (χ2n) is 5.54. The van der Waals surface area contributed by atoms with Crippen LogP contribution in [0, 0.1) is 23.2 Å². The zero-order chi connectivity index (χ0) is 9.35. The first-order valence-corrected chi connectivity index (χ1v) is 5.13. The van der Waals surface area contributed by atoms with Crippen molar-refractivity contribution in [2.45, 2.75) is 34.6 Å². The molecule has 0 aliphatic carbocycles. The van der Waals surface area contributed by atoms with E-state index in [1.807, 2.05) is 0 Å². The van der Waals surface area contributed by atoms with E-state index >= 15 is 0 Å². The maximum atomic E-state index is 3.51. The van der Waals surface area contributed by atoms with Gasteiger partial charge in [0.15, 0.2) is 0 Å². The van der Waals surface area contributed by atoms with Gasteiger partial charge in [-0.25, -0.2) is 0 Å². The lowest BCUT2D eigenvalue weighted by Gasteiger charge is -2.33. The van der Waals surface area contributed by atoms with Crippen molar-refractivity contribution in [2.24, 2.45) is 23.2 Å². The van der Waals surface area contributed by atoms with Gasteiger partial charge >= 0.3 is 0 Å². The van der Waals surface area contributed by atoms with Crippen LogP contribution in [0.2, 0.25) is 0 Å². The number of nitrogens with one attached hydrogen (secondary N) is 1. The van der Waals surface area contributed by atoms with Crippen LogP contribution in [0.5, 0.6) is 0 Å². The highest BCUT2D eigenvalue weighted by atomic mass is 14.9. The SMILES string of the molecule is CC(C)C1CNCC1C(C)(C)C. The maximum Gasteiger partial charge on any atom is -0.00122 e. The molecule has 1 heterocycles. The first kappa shape index (κ1) is 10.0. The predicted molar refractivity (Wildman–Crippen MR) is 54.1 cm³/mol. The maximum absolute atomic E-state index is 3.51. The molecule has 0 radical (unpaired) electrons. The van der Waals surface area contributed by atoms with Crippen molar-refractivity contribution in [3.63, 3.8) is 0 Å². The summed E-state index contributed by atoms with van der Waals surface area (Å²) >= 11 is 0. The van der Waals surface area contributed by atoms with Crippen molar-refractivity contribution in [3.05, 3.63) is 0 Å². The second-order valence-corrected chi connectivity index (χ2v) is 5.54. The average molecular weight is 169 g/mol. The summed E-state index contributed by atoms with van der Waals surface area (Å²) in [6.07, 6.45) is 0. The molecule has 0 bridgehead atoms. The molecule has 1 aliphatic rings. The molecule has 0 aromatic heterocycles. The smallest absolute Gasteiger partial charge is 0.00122 e. The van der Waals surface area contributed by atoms with Gasteiger partial charge in [-0.05, 0) is 36.3 Å². The third-order valence-corrected chi connectivity index (χ3v) is 3.23. The first-order valence-electron chi connectivity index (χ1n) is 5.13. The van der Waals surface area contributed by atoms with Gasteiger partial charge in [0.1, 0.15) is 0 Å². The molecule has 0 amide bonds. The van der Waals surface area contributed by atoms with E-state index in [1.54, 1.807) is 0 Å². The highest BCUT2D eigenvalue weighted by molar-refractivity contribution is 4.89. The van der Waals surface area contributed by atoms with Gasteiger partial charge in [-0.2, -0.15) is 0 Å². The minimum absolute atomic E-state index is 0.471. The van der Waals surface area contributed by atoms with Crippen LogP contribution in [0.3, 0.4) is 0 Å². The van der Waals surface area contributed by atoms with Crippen LogP contribution in [-0.2, 0) is 0 Å². The average Bonchev–Trinajstić information content (AvgIpc) is 2.30. The number of hydrogen-bond acceptors (Lipinski definition) is 1. The summed E-state index contributed by atoms with van der Waals surface area (Å²) in [5.41, 5.74) is 0.471. The molecule has 1 heteroatoms. The van der Waals surface area contributed by atoms with Gasteiger partial charge in [0.25, 0.3) is 0 Å². The Hall–Kier alpha value is -0.0400. The third-order valence-electron chi connectivity index (χ3n) is 3.23. The summed E-state index contributed by atoms with van der Waals surface area (Å²) in [6, 6.07) is 0. The van der Waals surface area contributed by atoms with Gasteiger partial charge in [0.05, 0.1) is 0 Å². The fourth-order valence-corrected chi connectivity index (χ4v) is 2.35. The molecule has 2 atom stereocenters. The monoisotopic (exact) mass is 169 g/mol. The summed E-state index contributed by atoms with van der Waals surface area (Å²) < 4.78 is 0. The molecule has 1 N–H and O–H groups in total. The van der Waals surface area contributed by atoms with E-state index in [4.69, 9.17) is 0 Å². The molecule has 1 nitrogen and oxygen atoms in total. The molecule has 0 saturated carbocycles. The van der Waals surface area contributed by atoms with Gasteiger partial charge in [-0.3, -0.25) is 0 Å². The fourth-order valence-electron chi connectivity index (χ4n) is 2.35. The van der Waals surface area contributed by atoms with Crippen LogP contribution >= 0.6 is 0 Å². The van der Waals surface area contributed by atoms with Crippen molar-refractivity contribution in [3.8, 4) is 0 Å². The van der Waals surface area contributed by atoms with Crippen molar-refractivity contribution in [2.75, 3.05) is 13.1 Å². The molecule has 72 valence electrons. The summed E-state index contributed by atoms with van der Waals surface area (Å²) in [6.45, 7) is 14.2. The molecule has 0 aromatic rings. The lowest BCUT2D eigenvalue weighted by atomic mass is 9.71. The Morgan fingerprint density at radius 3 is 2.08 bits per heavy atom. The molecule has 0 aromatic carbocycles. The summed E-state index contributed by atoms with van der Waals surface area (Å²) in [4.78, 5) is 0. The second kappa shape index (κ2) is 3.37. The molecule has 1 rings (SSSR count). The molecule has 0 spiro atoms. The van der Waals surface area contributed by atoms with E-state index in [0.717, 1.165) is 17.8 Å². The summed E-state index contributed by atoms with van der Waals surface area (Å²) in [5.74, 6) is 2.56. The Kier molecular flexibility index (Phi) is 2.82. The lowest BCUT2D eigenvalue weighted by molar-refractivity contribution is 0.169. The highest BCUT2D eigenvalue weighted by Crippen LogP contribution is 2.37. The van der Waals surface area contributed by atoms with Gasteiger partial charge in [-0.1, -0.05) is 34.6 Å². The van der Waals surface area contributed by atoms with E-state index in [0.29, 0.717) is 5.41 Å². The van der Waals surface area contributed by atoms with Crippen molar-refractivity contribution >= 4 is 0 Å². The molecule has 1 aliphatic heterocycles. The lowest BCUT2D eigenvalue weighted by Crippen LogP contribution is -2.30. The Bertz CT molecular complexity index is 144. The van der Waals surface area contributed by atoms with E-state index in [9.17, 15) is 0 Å². The Balaban J connectivity index is 2.64. The fraction of sp³-hybridized carbons (Fsp3) is 1.00. The van der Waals surface area contributed by atoms with Crippen LogP contribution in [0.15, 0.2) is 0 Å². The zero-order valence-electron chi connectivity index (χ0n) is 9.15. The Morgan fingerprint density at radius 2 is 1.75 bits per heavy atom. The van der Waals surface area contributed by atoms with Crippen molar-refractivity contribution in [1.82, 2.24) is 5.32 Å². The Morgan fingerprint density at radius 1 is 1.17 bits per heavy atom. The van der Waals surface area contributed by atoms with Gasteiger partial charge in [0, 0.05) is 0 Å². The van der Waals surface area contributed by atoms with Crippen LogP contribution in [0.4, 0.5) is 0 Å². The third kappa shape index (κ3) is 2.01. The largest absolute Gasteiger partial charge is 0.316 e. The van der Waals surface area contributed by atoms with Crippen molar-refractivity contribution in [1.29, 1.82) is 0 Å². The topological polar surface area (TPSA) is 12.0 Å². The number of rotatable bonds is 1. The summed E-state index contributed by atoms with van der Waals surface area (Å²) in [7, 11) is 0. The van der Waals surface area contributed by atoms with E-state index in [-0.39, 0.29) is 0 Å². The standard InChI is InChI=1S/C11H23N/c1-8(2)9-6-12-7-10(9)11(3,4)5/h8-10,12H,6-7H2,1-5H3. The summed E-state index contributed by atoms with van der Waals surface area (Å²) in [5, 5.41) is 3.51. The number of hydrogen-bond donors (Lipinski definition) is 1. The van der Waals surface area contributed by atoms with E-state index < -0.39 is 0 Å². The molecule has 1 saturated heterocycles. The van der Waals surface area contributed by atoms with Crippen LogP contribution in [0.25, 0.3) is 0 Å². The van der Waals surface area contributed by atoms with Crippen molar-refractivity contribution < 1.29 is 0 Å². The van der Waals surface area contributed by atoms with Gasteiger partial charge < -0.3 is 5.32 Å². The minimum atomic E-state index is 0.471. The van der Waals surface area contributed by atoms with Crippen LogP contribution in [0.1, 0.15) is 34.6 Å². The molecule has 2 unspecified atom stereocenters. The Labute approximate surface area is 76.9 Å². The normalized spacial score (nSPS) is 31.5. The quantitative estimate of drug-likeness (QED) is 0.636. The van der Waals surface area contributed by atoms with Gasteiger partial charge in [-0.15, -0.1) is 0 Å². The van der Waals surface area contributed by atoms with E-state index in [2.05, 4.69) is 39.9 Å². The zero-order valence-corrected chi connectivity index (χ0v) is 9.15. The van der Waals surface area contributed by atoms with Gasteiger partial charge in [0.2, 0.25) is 0 Å². The first-order chi connectivity index (χ1) is 5.43. The molecule has 1 fully saturated rings. The highest BCUT2D eigenvalue weighted by Gasteiger charge is 2.36. The van der Waals surface area contributed by atoms with Crippen LogP contribution in [-0.4, -0.2) is 13.1 Å². The molecule has 12 heavy (non-hydrogen) atoms. The molecular formula is C11H23N. The van der Waals surface area contributed by atoms with E-state index in [1.165, 1.54) is 13.1 Å². The minimum Gasteiger partial charge on any atom is -0.316 e. The molecular weight excluding hydrogens is 146 g/mol. The van der Waals surface area contributed by atoms with Crippen LogP contribution < -0.4 is 5.32 Å². The predicted octanol–water partition coefficient (Wildman–Crippen LogP) is 2.52.